The lowest BCUT2D eigenvalue weighted by Crippen LogP contribution is -2.35. The Kier molecular flexibility index (Phi) is 5.29. The number of carboxylic acid groups (broad SMARTS) is 1. The number of hydrogen-bond acceptors (Lipinski definition) is 2. The number of carbonyl (C=O) groups is 1. The van der Waals surface area contributed by atoms with E-state index in [1.165, 1.54) is 0 Å². The fraction of sp³-hybridized carbons (Fsp3) is 0.462. The molecule has 0 saturated heterocycles. The Bertz CT molecular complexity index is 381. The maximum atomic E-state index is 11.2. The molecule has 4 heteroatoms. The largest absolute Gasteiger partial charge is 0.480 e. The highest BCUT2D eigenvalue weighted by molar-refractivity contribution is 6.30. The third-order valence-electron chi connectivity index (χ3n) is 2.73. The van der Waals surface area contributed by atoms with Gasteiger partial charge in [-0.15, -0.1) is 0 Å². The fourth-order valence-corrected chi connectivity index (χ4v) is 2.02. The van der Waals surface area contributed by atoms with E-state index in [0.717, 1.165) is 18.5 Å². The molecular formula is C13H18ClNO2. The molecule has 0 bridgehead atoms. The van der Waals surface area contributed by atoms with Crippen molar-refractivity contribution in [1.82, 2.24) is 0 Å². The fourth-order valence-electron chi connectivity index (χ4n) is 1.83. The lowest BCUT2D eigenvalue weighted by atomic mass is 9.96. The molecule has 1 aromatic rings. The van der Waals surface area contributed by atoms with E-state index in [2.05, 4.69) is 12.2 Å². The van der Waals surface area contributed by atoms with Crippen molar-refractivity contribution < 1.29 is 9.90 Å². The molecule has 0 radical (unpaired) electrons. The quantitative estimate of drug-likeness (QED) is 0.816. The maximum absolute atomic E-state index is 11.2. The number of halogens is 1. The minimum atomic E-state index is -0.828. The van der Waals surface area contributed by atoms with Crippen LogP contribution in [0.3, 0.4) is 0 Å². The number of hydrogen-bond donors (Lipinski definition) is 2. The van der Waals surface area contributed by atoms with Crippen LogP contribution in [-0.4, -0.2) is 17.1 Å². The van der Waals surface area contributed by atoms with Crippen molar-refractivity contribution >= 4 is 23.3 Å². The van der Waals surface area contributed by atoms with E-state index >= 15 is 0 Å². The van der Waals surface area contributed by atoms with Crippen LogP contribution in [0.15, 0.2) is 24.3 Å². The molecule has 94 valence electrons. The van der Waals surface area contributed by atoms with Crippen molar-refractivity contribution in [2.75, 3.05) is 5.32 Å². The summed E-state index contributed by atoms with van der Waals surface area (Å²) in [4.78, 5) is 11.2. The third kappa shape index (κ3) is 4.27. The molecule has 0 aliphatic heterocycles. The van der Waals surface area contributed by atoms with Gasteiger partial charge in [0.1, 0.15) is 6.04 Å². The van der Waals surface area contributed by atoms with Gasteiger partial charge >= 0.3 is 5.97 Å². The molecule has 0 aliphatic carbocycles. The van der Waals surface area contributed by atoms with E-state index in [0.29, 0.717) is 5.02 Å². The van der Waals surface area contributed by atoms with E-state index in [4.69, 9.17) is 11.6 Å². The van der Waals surface area contributed by atoms with E-state index in [9.17, 15) is 9.90 Å². The van der Waals surface area contributed by atoms with Crippen molar-refractivity contribution in [3.8, 4) is 0 Å². The molecule has 0 aliphatic rings. The van der Waals surface area contributed by atoms with Crippen molar-refractivity contribution in [3.63, 3.8) is 0 Å². The highest BCUT2D eigenvalue weighted by Crippen LogP contribution is 2.20. The molecule has 0 fully saturated rings. The average Bonchev–Trinajstić information content (AvgIpc) is 2.26. The van der Waals surface area contributed by atoms with Gasteiger partial charge < -0.3 is 10.4 Å². The lowest BCUT2D eigenvalue weighted by molar-refractivity contribution is -0.139. The van der Waals surface area contributed by atoms with Gasteiger partial charge in [-0.3, -0.25) is 0 Å². The summed E-state index contributed by atoms with van der Waals surface area (Å²) in [6.07, 6.45) is 1.85. The summed E-state index contributed by atoms with van der Waals surface area (Å²) in [6.45, 7) is 3.99. The SMILES string of the molecule is CCCC(C)C(Nc1cccc(Cl)c1)C(=O)O. The zero-order valence-electron chi connectivity index (χ0n) is 10.1. The molecule has 2 atom stereocenters. The summed E-state index contributed by atoms with van der Waals surface area (Å²) in [5.41, 5.74) is 0.743. The van der Waals surface area contributed by atoms with Crippen molar-refractivity contribution in [1.29, 1.82) is 0 Å². The van der Waals surface area contributed by atoms with Crippen LogP contribution >= 0.6 is 11.6 Å². The Labute approximate surface area is 107 Å². The molecule has 0 heterocycles. The predicted octanol–water partition coefficient (Wildman–Crippen LogP) is 3.64. The lowest BCUT2D eigenvalue weighted by Gasteiger charge is -2.22. The topological polar surface area (TPSA) is 49.3 Å². The Morgan fingerprint density at radius 2 is 2.24 bits per heavy atom. The standard InChI is InChI=1S/C13H18ClNO2/c1-3-5-9(2)12(13(16)17)15-11-7-4-6-10(14)8-11/h4,6-9,12,15H,3,5H2,1-2H3,(H,16,17). The Morgan fingerprint density at radius 3 is 2.76 bits per heavy atom. The van der Waals surface area contributed by atoms with Gasteiger partial charge in [-0.05, 0) is 30.5 Å². The van der Waals surface area contributed by atoms with E-state index in [1.807, 2.05) is 13.0 Å². The van der Waals surface area contributed by atoms with Gasteiger partial charge in [0.2, 0.25) is 0 Å². The molecule has 1 rings (SSSR count). The second-order valence-corrected chi connectivity index (χ2v) is 4.67. The monoisotopic (exact) mass is 255 g/mol. The normalized spacial score (nSPS) is 14.1. The molecular weight excluding hydrogens is 238 g/mol. The summed E-state index contributed by atoms with van der Waals surface area (Å²) >= 11 is 5.86. The van der Waals surface area contributed by atoms with Crippen LogP contribution in [0.25, 0.3) is 0 Å². The van der Waals surface area contributed by atoms with Crippen LogP contribution in [0, 0.1) is 5.92 Å². The average molecular weight is 256 g/mol. The predicted molar refractivity (Wildman–Crippen MR) is 70.6 cm³/mol. The summed E-state index contributed by atoms with van der Waals surface area (Å²) in [5, 5.41) is 12.8. The summed E-state index contributed by atoms with van der Waals surface area (Å²) < 4.78 is 0. The number of aliphatic carboxylic acids is 1. The maximum Gasteiger partial charge on any atom is 0.326 e. The molecule has 17 heavy (non-hydrogen) atoms. The molecule has 0 aromatic heterocycles. The molecule has 0 spiro atoms. The number of carboxylic acids is 1. The van der Waals surface area contributed by atoms with Gasteiger partial charge in [0, 0.05) is 10.7 Å². The van der Waals surface area contributed by atoms with Gasteiger partial charge in [0.05, 0.1) is 0 Å². The number of benzene rings is 1. The van der Waals surface area contributed by atoms with Gasteiger partial charge in [-0.25, -0.2) is 4.79 Å². The summed E-state index contributed by atoms with van der Waals surface area (Å²) in [6, 6.07) is 6.54. The second-order valence-electron chi connectivity index (χ2n) is 4.24. The van der Waals surface area contributed by atoms with E-state index < -0.39 is 12.0 Å². The molecule has 2 N–H and O–H groups in total. The first-order valence-corrected chi connectivity index (χ1v) is 6.17. The van der Waals surface area contributed by atoms with E-state index in [-0.39, 0.29) is 5.92 Å². The Balaban J connectivity index is 2.76. The summed E-state index contributed by atoms with van der Waals surface area (Å²) in [5.74, 6) is -0.748. The molecule has 2 unspecified atom stereocenters. The molecule has 1 aromatic carbocycles. The van der Waals surface area contributed by atoms with Crippen LogP contribution in [0.1, 0.15) is 26.7 Å². The van der Waals surface area contributed by atoms with Crippen molar-refractivity contribution in [2.45, 2.75) is 32.7 Å². The van der Waals surface area contributed by atoms with Gasteiger partial charge in [0.15, 0.2) is 0 Å². The first-order valence-electron chi connectivity index (χ1n) is 5.79. The van der Waals surface area contributed by atoms with Crippen LogP contribution < -0.4 is 5.32 Å². The summed E-state index contributed by atoms with van der Waals surface area (Å²) in [7, 11) is 0. The third-order valence-corrected chi connectivity index (χ3v) is 2.96. The first kappa shape index (κ1) is 13.8. The van der Waals surface area contributed by atoms with Crippen molar-refractivity contribution in [2.24, 2.45) is 5.92 Å². The Hall–Kier alpha value is -1.22. The van der Waals surface area contributed by atoms with Gasteiger partial charge in [-0.2, -0.15) is 0 Å². The van der Waals surface area contributed by atoms with Crippen molar-refractivity contribution in [3.05, 3.63) is 29.3 Å². The molecule has 0 amide bonds. The van der Waals surface area contributed by atoms with Gasteiger partial charge in [0.25, 0.3) is 0 Å². The van der Waals surface area contributed by atoms with Crippen LogP contribution in [0.5, 0.6) is 0 Å². The number of anilines is 1. The molecule has 0 saturated carbocycles. The Morgan fingerprint density at radius 1 is 1.53 bits per heavy atom. The van der Waals surface area contributed by atoms with Gasteiger partial charge in [-0.1, -0.05) is 37.9 Å². The minimum Gasteiger partial charge on any atom is -0.480 e. The zero-order chi connectivity index (χ0) is 12.8. The highest BCUT2D eigenvalue weighted by Gasteiger charge is 2.23. The van der Waals surface area contributed by atoms with Crippen LogP contribution in [0.2, 0.25) is 5.02 Å². The first-order chi connectivity index (χ1) is 8.04. The van der Waals surface area contributed by atoms with Crippen LogP contribution in [-0.2, 0) is 4.79 Å². The minimum absolute atomic E-state index is 0.0801. The van der Waals surface area contributed by atoms with E-state index in [1.54, 1.807) is 18.2 Å². The smallest absolute Gasteiger partial charge is 0.326 e. The highest BCUT2D eigenvalue weighted by atomic mass is 35.5. The number of nitrogens with one attached hydrogen (secondary N) is 1. The molecule has 3 nitrogen and oxygen atoms in total. The van der Waals surface area contributed by atoms with Crippen LogP contribution in [0.4, 0.5) is 5.69 Å². The number of rotatable bonds is 6. The second kappa shape index (κ2) is 6.50. The zero-order valence-corrected chi connectivity index (χ0v) is 10.9.